The van der Waals surface area contributed by atoms with Crippen LogP contribution in [0.4, 0.5) is 4.39 Å². The van der Waals surface area contributed by atoms with E-state index in [4.69, 9.17) is 4.84 Å². The van der Waals surface area contributed by atoms with Crippen LogP contribution in [0.2, 0.25) is 0 Å². The Hall–Kier alpha value is -2.51. The normalized spacial score (nSPS) is 10.4. The van der Waals surface area contributed by atoms with Crippen molar-refractivity contribution in [1.29, 1.82) is 0 Å². The summed E-state index contributed by atoms with van der Waals surface area (Å²) in [5, 5.41) is 11.0. The van der Waals surface area contributed by atoms with Crippen molar-refractivity contribution < 1.29 is 9.23 Å². The molecule has 0 radical (unpaired) electrons. The Morgan fingerprint density at radius 2 is 2.15 bits per heavy atom. The molecule has 1 heterocycles. The molecule has 2 rings (SSSR count). The van der Waals surface area contributed by atoms with Crippen molar-refractivity contribution in [2.45, 2.75) is 20.5 Å². The highest BCUT2D eigenvalue weighted by atomic mass is 19.1. The number of hydrogen-bond donors (Lipinski definition) is 0. The van der Waals surface area contributed by atoms with E-state index in [-0.39, 0.29) is 17.9 Å². The summed E-state index contributed by atoms with van der Waals surface area (Å²) in [6.45, 7) is 3.42. The molecular weight excluding hydrogens is 265 g/mol. The quantitative estimate of drug-likeness (QED) is 0.618. The molecule has 0 aliphatic heterocycles. The molecule has 0 aliphatic carbocycles. The van der Waals surface area contributed by atoms with Crippen LogP contribution in [0.25, 0.3) is 5.69 Å². The van der Waals surface area contributed by atoms with Crippen molar-refractivity contribution in [3.8, 4) is 5.69 Å². The summed E-state index contributed by atoms with van der Waals surface area (Å²) in [4.78, 5) is 16.9. The lowest BCUT2D eigenvalue weighted by atomic mass is 10.2. The van der Waals surface area contributed by atoms with Gasteiger partial charge in [-0.15, -0.1) is 0 Å². The second-order valence-electron chi connectivity index (χ2n) is 4.35. The number of oxime groups is 1. The highest BCUT2D eigenvalue weighted by Crippen LogP contribution is 2.17. The maximum absolute atomic E-state index is 13.9. The van der Waals surface area contributed by atoms with Gasteiger partial charge >= 0.3 is 5.69 Å². The Kier molecular flexibility index (Phi) is 3.92. The number of benzene rings is 1. The largest absolute Gasteiger partial charge is 0.391 e. The third kappa shape index (κ3) is 2.73. The minimum atomic E-state index is -0.496. The summed E-state index contributed by atoms with van der Waals surface area (Å²) >= 11 is 0. The number of hydrogen-bond acceptors (Lipinski definition) is 5. The maximum Gasteiger partial charge on any atom is 0.368 e. The summed E-state index contributed by atoms with van der Waals surface area (Å²) in [6, 6.07) is 4.34. The van der Waals surface area contributed by atoms with Crippen LogP contribution in [0.15, 0.2) is 28.1 Å². The third-order valence-electron chi connectivity index (χ3n) is 2.50. The number of nitrogens with zero attached hydrogens (tertiary/aromatic N) is 5. The minimum absolute atomic E-state index is 0.101. The van der Waals surface area contributed by atoms with E-state index >= 15 is 0 Å². The molecule has 20 heavy (non-hydrogen) atoms. The molecule has 1 aromatic heterocycles. The molecular formula is C12H14FN5O2. The van der Waals surface area contributed by atoms with Gasteiger partial charge in [-0.1, -0.05) is 11.2 Å². The second kappa shape index (κ2) is 5.64. The van der Waals surface area contributed by atoms with Gasteiger partial charge in [0.2, 0.25) is 0 Å². The van der Waals surface area contributed by atoms with E-state index in [1.807, 2.05) is 0 Å². The smallest absolute Gasteiger partial charge is 0.368 e. The number of aryl methyl sites for hydroxylation is 1. The molecule has 0 aliphatic rings. The Morgan fingerprint density at radius 1 is 1.40 bits per heavy atom. The standard InChI is InChI=1S/C12H14FN5O2/c1-8(2)14-20-7-9-10(13)5-4-6-11(9)18-12(19)17(3)15-16-18/h4-6H,7H2,1-3H3. The second-order valence-corrected chi connectivity index (χ2v) is 4.35. The van der Waals surface area contributed by atoms with Gasteiger partial charge in [-0.25, -0.2) is 9.18 Å². The van der Waals surface area contributed by atoms with Gasteiger partial charge in [0, 0.05) is 7.05 Å². The average molecular weight is 279 g/mol. The van der Waals surface area contributed by atoms with Crippen LogP contribution < -0.4 is 5.69 Å². The first-order valence-corrected chi connectivity index (χ1v) is 5.90. The van der Waals surface area contributed by atoms with E-state index in [1.54, 1.807) is 19.9 Å². The van der Waals surface area contributed by atoms with E-state index in [0.29, 0.717) is 5.71 Å². The molecule has 0 bridgehead atoms. The summed E-state index contributed by atoms with van der Waals surface area (Å²) in [5.74, 6) is -0.496. The van der Waals surface area contributed by atoms with E-state index in [1.165, 1.54) is 19.2 Å². The molecule has 0 saturated carbocycles. The average Bonchev–Trinajstić information content (AvgIpc) is 2.72. The van der Waals surface area contributed by atoms with Gasteiger partial charge in [-0.2, -0.15) is 9.36 Å². The Balaban J connectivity index is 2.43. The zero-order valence-corrected chi connectivity index (χ0v) is 11.4. The molecule has 1 aromatic carbocycles. The lowest BCUT2D eigenvalue weighted by molar-refractivity contribution is 0.127. The van der Waals surface area contributed by atoms with E-state index in [2.05, 4.69) is 15.6 Å². The molecule has 0 spiro atoms. The minimum Gasteiger partial charge on any atom is -0.391 e. The fraction of sp³-hybridized carbons (Fsp3) is 0.333. The van der Waals surface area contributed by atoms with Crippen LogP contribution >= 0.6 is 0 Å². The predicted molar refractivity (Wildman–Crippen MR) is 70.1 cm³/mol. The summed E-state index contributed by atoms with van der Waals surface area (Å²) in [7, 11) is 1.46. The first-order chi connectivity index (χ1) is 9.50. The molecule has 2 aromatic rings. The van der Waals surface area contributed by atoms with Crippen molar-refractivity contribution >= 4 is 5.71 Å². The zero-order chi connectivity index (χ0) is 14.7. The van der Waals surface area contributed by atoms with Gasteiger partial charge in [0.1, 0.15) is 12.4 Å². The van der Waals surface area contributed by atoms with Gasteiger partial charge in [-0.05, 0) is 36.4 Å². The Labute approximate surface area is 114 Å². The predicted octanol–water partition coefficient (Wildman–Crippen LogP) is 1.02. The first-order valence-electron chi connectivity index (χ1n) is 5.90. The van der Waals surface area contributed by atoms with Crippen LogP contribution in [0, 0.1) is 5.82 Å². The molecule has 106 valence electrons. The lowest BCUT2D eigenvalue weighted by Crippen LogP contribution is -2.23. The van der Waals surface area contributed by atoms with Gasteiger partial charge < -0.3 is 4.84 Å². The number of aromatic nitrogens is 4. The highest BCUT2D eigenvalue weighted by molar-refractivity contribution is 5.78. The molecule has 0 amide bonds. The topological polar surface area (TPSA) is 74.3 Å². The Bertz CT molecular complexity index is 700. The lowest BCUT2D eigenvalue weighted by Gasteiger charge is -2.08. The van der Waals surface area contributed by atoms with Crippen LogP contribution in [0.5, 0.6) is 0 Å². The molecule has 0 atom stereocenters. The van der Waals surface area contributed by atoms with Crippen molar-refractivity contribution in [2.75, 3.05) is 0 Å². The van der Waals surface area contributed by atoms with Crippen LogP contribution in [0.3, 0.4) is 0 Å². The number of rotatable bonds is 4. The van der Waals surface area contributed by atoms with Crippen LogP contribution in [-0.2, 0) is 18.5 Å². The molecule has 8 heteroatoms. The molecule has 7 nitrogen and oxygen atoms in total. The van der Waals surface area contributed by atoms with Crippen LogP contribution in [0.1, 0.15) is 19.4 Å². The van der Waals surface area contributed by atoms with Gasteiger partial charge in [0.05, 0.1) is 17.0 Å². The van der Waals surface area contributed by atoms with Crippen molar-refractivity contribution in [2.24, 2.45) is 12.2 Å². The number of tetrazole rings is 1. The SMILES string of the molecule is CC(C)=NOCc1c(F)cccc1-n1nnn(C)c1=O. The van der Waals surface area contributed by atoms with Crippen molar-refractivity contribution in [3.05, 3.63) is 40.1 Å². The number of halogens is 1. The van der Waals surface area contributed by atoms with E-state index < -0.39 is 11.5 Å². The molecule has 0 unspecified atom stereocenters. The monoisotopic (exact) mass is 279 g/mol. The van der Waals surface area contributed by atoms with Gasteiger partial charge in [0.25, 0.3) is 0 Å². The summed E-state index contributed by atoms with van der Waals surface area (Å²) < 4.78 is 16.0. The van der Waals surface area contributed by atoms with Crippen LogP contribution in [-0.4, -0.2) is 25.5 Å². The third-order valence-corrected chi connectivity index (χ3v) is 2.50. The molecule has 0 N–H and O–H groups in total. The first kappa shape index (κ1) is 13.9. The van der Waals surface area contributed by atoms with E-state index in [9.17, 15) is 9.18 Å². The Morgan fingerprint density at radius 3 is 2.75 bits per heavy atom. The van der Waals surface area contributed by atoms with Gasteiger partial charge in [-0.3, -0.25) is 0 Å². The van der Waals surface area contributed by atoms with Crippen molar-refractivity contribution in [1.82, 2.24) is 19.8 Å². The molecule has 0 fully saturated rings. The highest BCUT2D eigenvalue weighted by Gasteiger charge is 2.15. The fourth-order valence-corrected chi connectivity index (χ4v) is 1.58. The van der Waals surface area contributed by atoms with Gasteiger partial charge in [0.15, 0.2) is 0 Å². The summed E-state index contributed by atoms with van der Waals surface area (Å²) in [5.41, 5.74) is 0.721. The van der Waals surface area contributed by atoms with E-state index in [0.717, 1.165) is 9.36 Å². The zero-order valence-electron chi connectivity index (χ0n) is 11.4. The van der Waals surface area contributed by atoms with Crippen molar-refractivity contribution in [3.63, 3.8) is 0 Å². The maximum atomic E-state index is 13.9. The fourth-order valence-electron chi connectivity index (χ4n) is 1.58. The molecule has 0 saturated heterocycles. The summed E-state index contributed by atoms with van der Waals surface area (Å²) in [6.07, 6.45) is 0.